The fraction of sp³-hybridized carbons (Fsp3) is 0.133. The van der Waals surface area contributed by atoms with Crippen LogP contribution < -0.4 is 10.6 Å². The van der Waals surface area contributed by atoms with Gasteiger partial charge in [-0.2, -0.15) is 0 Å². The minimum absolute atomic E-state index is 0.0991. The molecule has 0 unspecified atom stereocenters. The van der Waals surface area contributed by atoms with E-state index in [2.05, 4.69) is 0 Å². The van der Waals surface area contributed by atoms with Gasteiger partial charge in [0.25, 0.3) is 5.91 Å². The van der Waals surface area contributed by atoms with Crippen molar-refractivity contribution in [3.05, 3.63) is 57.6 Å². The maximum Gasteiger partial charge on any atom is 0.258 e. The Bertz CT molecular complexity index is 680. The van der Waals surface area contributed by atoms with Crippen molar-refractivity contribution in [3.63, 3.8) is 0 Å². The van der Waals surface area contributed by atoms with Crippen molar-refractivity contribution in [2.75, 3.05) is 17.2 Å². The zero-order chi connectivity index (χ0) is 14.3. The van der Waals surface area contributed by atoms with Gasteiger partial charge in [0.2, 0.25) is 0 Å². The molecule has 0 fully saturated rings. The highest BCUT2D eigenvalue weighted by Gasteiger charge is 2.25. The van der Waals surface area contributed by atoms with E-state index in [1.807, 2.05) is 12.1 Å². The molecule has 3 nitrogen and oxygen atoms in total. The molecule has 1 amide bonds. The van der Waals surface area contributed by atoms with Crippen LogP contribution in [-0.4, -0.2) is 12.5 Å². The molecule has 102 valence electrons. The first-order valence-corrected chi connectivity index (χ1v) is 6.96. The van der Waals surface area contributed by atoms with Crippen LogP contribution in [0.25, 0.3) is 0 Å². The number of amides is 1. The van der Waals surface area contributed by atoms with Crippen LogP contribution in [0, 0.1) is 0 Å². The number of fused-ring (bicyclic) bond motifs is 1. The van der Waals surface area contributed by atoms with Crippen molar-refractivity contribution in [2.24, 2.45) is 0 Å². The Hall–Kier alpha value is -1.71. The van der Waals surface area contributed by atoms with E-state index in [1.165, 1.54) is 0 Å². The summed E-state index contributed by atoms with van der Waals surface area (Å²) in [6.07, 6.45) is 0.806. The van der Waals surface area contributed by atoms with Gasteiger partial charge in [0, 0.05) is 33.5 Å². The van der Waals surface area contributed by atoms with Gasteiger partial charge in [-0.05, 0) is 48.4 Å². The van der Waals surface area contributed by atoms with E-state index in [0.717, 1.165) is 17.7 Å². The van der Waals surface area contributed by atoms with E-state index in [4.69, 9.17) is 28.9 Å². The van der Waals surface area contributed by atoms with Crippen LogP contribution in [-0.2, 0) is 6.42 Å². The topological polar surface area (TPSA) is 46.3 Å². The SMILES string of the molecule is Nc1ccc2c(c1)CCN2C(=O)c1cc(Cl)cc(Cl)c1. The molecule has 3 rings (SSSR count). The molecule has 0 aromatic heterocycles. The average molecular weight is 307 g/mol. The van der Waals surface area contributed by atoms with Gasteiger partial charge < -0.3 is 10.6 Å². The van der Waals surface area contributed by atoms with Crippen molar-refractivity contribution in [1.29, 1.82) is 0 Å². The second kappa shape index (κ2) is 5.00. The van der Waals surface area contributed by atoms with Crippen LogP contribution in [0.2, 0.25) is 10.0 Å². The van der Waals surface area contributed by atoms with E-state index in [-0.39, 0.29) is 5.91 Å². The summed E-state index contributed by atoms with van der Waals surface area (Å²) in [6, 6.07) is 10.5. The second-order valence-corrected chi connectivity index (χ2v) is 5.63. The average Bonchev–Trinajstić information content (AvgIpc) is 2.79. The van der Waals surface area contributed by atoms with Gasteiger partial charge in [-0.3, -0.25) is 4.79 Å². The number of hydrogen-bond donors (Lipinski definition) is 1. The maximum absolute atomic E-state index is 12.6. The molecule has 5 heteroatoms. The van der Waals surface area contributed by atoms with Gasteiger partial charge in [0.1, 0.15) is 0 Å². The molecule has 1 aliphatic rings. The third-order valence-corrected chi connectivity index (χ3v) is 3.79. The monoisotopic (exact) mass is 306 g/mol. The Kier molecular flexibility index (Phi) is 3.32. The number of nitrogens with two attached hydrogens (primary N) is 1. The minimum atomic E-state index is -0.0991. The molecule has 2 aromatic rings. The highest BCUT2D eigenvalue weighted by molar-refractivity contribution is 6.35. The molecular formula is C15H12Cl2N2O. The van der Waals surface area contributed by atoms with E-state index < -0.39 is 0 Å². The van der Waals surface area contributed by atoms with Crippen LogP contribution in [0.4, 0.5) is 11.4 Å². The molecule has 0 saturated heterocycles. The quantitative estimate of drug-likeness (QED) is 0.815. The first kappa shape index (κ1) is 13.3. The summed E-state index contributed by atoms with van der Waals surface area (Å²) >= 11 is 11.9. The van der Waals surface area contributed by atoms with Crippen LogP contribution in [0.5, 0.6) is 0 Å². The first-order valence-electron chi connectivity index (χ1n) is 6.21. The second-order valence-electron chi connectivity index (χ2n) is 4.75. The lowest BCUT2D eigenvalue weighted by Crippen LogP contribution is -2.28. The molecule has 1 heterocycles. The lowest BCUT2D eigenvalue weighted by atomic mass is 10.1. The Morgan fingerprint density at radius 1 is 1.10 bits per heavy atom. The number of benzene rings is 2. The van der Waals surface area contributed by atoms with E-state index in [0.29, 0.717) is 27.8 Å². The molecule has 0 atom stereocenters. The standard InChI is InChI=1S/C15H12Cl2N2O/c16-11-5-10(6-12(17)8-11)15(20)19-4-3-9-7-13(18)1-2-14(9)19/h1-2,5-8H,3-4,18H2. The predicted octanol–water partition coefficient (Wildman–Crippen LogP) is 3.78. The molecule has 0 bridgehead atoms. The molecule has 0 spiro atoms. The van der Waals surface area contributed by atoms with E-state index >= 15 is 0 Å². The Morgan fingerprint density at radius 2 is 1.80 bits per heavy atom. The van der Waals surface area contributed by atoms with Gasteiger partial charge in [-0.25, -0.2) is 0 Å². The maximum atomic E-state index is 12.6. The first-order chi connectivity index (χ1) is 9.54. The molecule has 0 aliphatic carbocycles. The van der Waals surface area contributed by atoms with Gasteiger partial charge in [0.15, 0.2) is 0 Å². The Labute approximate surface area is 126 Å². The summed E-state index contributed by atoms with van der Waals surface area (Å²) in [5.74, 6) is -0.0991. The molecule has 1 aliphatic heterocycles. The van der Waals surface area contributed by atoms with Crippen LogP contribution in [0.15, 0.2) is 36.4 Å². The highest BCUT2D eigenvalue weighted by atomic mass is 35.5. The summed E-state index contributed by atoms with van der Waals surface area (Å²) in [5, 5.41) is 0.912. The molecular weight excluding hydrogens is 295 g/mol. The molecule has 2 aromatic carbocycles. The lowest BCUT2D eigenvalue weighted by Gasteiger charge is -2.17. The summed E-state index contributed by atoms with van der Waals surface area (Å²) < 4.78 is 0. The van der Waals surface area contributed by atoms with Crippen LogP contribution in [0.1, 0.15) is 15.9 Å². The molecule has 0 radical (unpaired) electrons. The Balaban J connectivity index is 1.97. The van der Waals surface area contributed by atoms with Crippen molar-refractivity contribution in [2.45, 2.75) is 6.42 Å². The summed E-state index contributed by atoms with van der Waals surface area (Å²) in [4.78, 5) is 14.3. The van der Waals surface area contributed by atoms with E-state index in [1.54, 1.807) is 29.2 Å². The fourth-order valence-electron chi connectivity index (χ4n) is 2.47. The van der Waals surface area contributed by atoms with Crippen LogP contribution in [0.3, 0.4) is 0 Å². The third kappa shape index (κ3) is 2.35. The normalized spacial score (nSPS) is 13.4. The number of nitrogen functional groups attached to an aromatic ring is 1. The van der Waals surface area contributed by atoms with Gasteiger partial charge >= 0.3 is 0 Å². The number of nitrogens with zero attached hydrogens (tertiary/aromatic N) is 1. The molecule has 0 saturated carbocycles. The molecule has 20 heavy (non-hydrogen) atoms. The highest BCUT2D eigenvalue weighted by Crippen LogP contribution is 2.31. The lowest BCUT2D eigenvalue weighted by molar-refractivity contribution is 0.0989. The number of rotatable bonds is 1. The smallest absolute Gasteiger partial charge is 0.258 e. The number of carbonyl (C=O) groups is 1. The summed E-state index contributed by atoms with van der Waals surface area (Å²) in [7, 11) is 0. The zero-order valence-electron chi connectivity index (χ0n) is 10.6. The predicted molar refractivity (Wildman–Crippen MR) is 82.7 cm³/mol. The van der Waals surface area contributed by atoms with Gasteiger partial charge in [-0.1, -0.05) is 23.2 Å². The summed E-state index contributed by atoms with van der Waals surface area (Å²) in [6.45, 7) is 0.641. The summed E-state index contributed by atoms with van der Waals surface area (Å²) in [5.41, 5.74) is 8.96. The van der Waals surface area contributed by atoms with Crippen molar-refractivity contribution in [1.82, 2.24) is 0 Å². The van der Waals surface area contributed by atoms with Gasteiger partial charge in [-0.15, -0.1) is 0 Å². The number of hydrogen-bond acceptors (Lipinski definition) is 2. The van der Waals surface area contributed by atoms with Crippen molar-refractivity contribution < 1.29 is 4.79 Å². The fourth-order valence-corrected chi connectivity index (χ4v) is 2.99. The minimum Gasteiger partial charge on any atom is -0.399 e. The number of carbonyl (C=O) groups excluding carboxylic acids is 1. The number of halogens is 2. The van der Waals surface area contributed by atoms with Crippen molar-refractivity contribution >= 4 is 40.5 Å². The molecule has 2 N–H and O–H groups in total. The largest absolute Gasteiger partial charge is 0.399 e. The third-order valence-electron chi connectivity index (χ3n) is 3.35. The van der Waals surface area contributed by atoms with Crippen LogP contribution >= 0.6 is 23.2 Å². The Morgan fingerprint density at radius 3 is 2.50 bits per heavy atom. The number of anilines is 2. The zero-order valence-corrected chi connectivity index (χ0v) is 12.1. The van der Waals surface area contributed by atoms with Crippen molar-refractivity contribution in [3.8, 4) is 0 Å². The van der Waals surface area contributed by atoms with Gasteiger partial charge in [0.05, 0.1) is 0 Å². The van der Waals surface area contributed by atoms with E-state index in [9.17, 15) is 4.79 Å².